The molecular weight excluding hydrogens is 320 g/mol. The maximum absolute atomic E-state index is 12.8. The van der Waals surface area contributed by atoms with Crippen molar-refractivity contribution in [3.05, 3.63) is 34.0 Å². The third-order valence-corrected chi connectivity index (χ3v) is 6.92. The van der Waals surface area contributed by atoms with E-state index >= 15 is 0 Å². The molecule has 2 aromatic heterocycles. The number of H-pyrrole nitrogens is 1. The number of rotatable bonds is 3. The number of carbonyl (C=O) groups is 1. The molecular formula is C18H22N4OS. The van der Waals surface area contributed by atoms with Gasteiger partial charge >= 0.3 is 0 Å². The summed E-state index contributed by atoms with van der Waals surface area (Å²) in [5.74, 6) is 3.06. The average molecular weight is 342 g/mol. The molecule has 2 aromatic rings. The van der Waals surface area contributed by atoms with Crippen LogP contribution in [0.2, 0.25) is 0 Å². The normalized spacial score (nSPS) is 25.7. The zero-order chi connectivity index (χ0) is 16.1. The molecule has 3 aliphatic rings. The number of amides is 1. The minimum Gasteiger partial charge on any atom is -0.337 e. The number of hydrogen-bond donors (Lipinski definition) is 1. The molecule has 5 rings (SSSR count). The predicted octanol–water partition coefficient (Wildman–Crippen LogP) is 3.54. The molecule has 2 saturated carbocycles. The fraction of sp³-hybridized carbons (Fsp3) is 0.611. The van der Waals surface area contributed by atoms with Gasteiger partial charge in [-0.05, 0) is 42.5 Å². The zero-order valence-corrected chi connectivity index (χ0v) is 14.5. The zero-order valence-electron chi connectivity index (χ0n) is 13.7. The van der Waals surface area contributed by atoms with E-state index in [1.54, 1.807) is 0 Å². The third-order valence-electron chi connectivity index (χ3n) is 6.06. The second kappa shape index (κ2) is 5.41. The van der Waals surface area contributed by atoms with E-state index in [4.69, 9.17) is 4.98 Å². The Hall–Kier alpha value is -1.69. The van der Waals surface area contributed by atoms with Crippen LogP contribution in [0, 0.1) is 5.41 Å². The van der Waals surface area contributed by atoms with Gasteiger partial charge in [-0.3, -0.25) is 9.89 Å². The molecule has 1 spiro atoms. The molecule has 3 heterocycles. The van der Waals surface area contributed by atoms with E-state index in [0.717, 1.165) is 29.6 Å². The van der Waals surface area contributed by atoms with Crippen LogP contribution in [0.1, 0.15) is 71.7 Å². The number of nitrogens with one attached hydrogen (secondary N) is 1. The number of aromatic nitrogens is 3. The van der Waals surface area contributed by atoms with Gasteiger partial charge in [-0.15, -0.1) is 11.3 Å². The topological polar surface area (TPSA) is 61.9 Å². The number of aromatic amines is 1. The standard InChI is InChI=1S/C18H22N4OS/c23-17(14-4-3-9-24-14)22-10-13(18(11-22)7-1-2-8-18)16-19-15(20-21-16)12-5-6-12/h3-4,9,12-13H,1-2,5-8,10-11H2,(H,19,20,21). The van der Waals surface area contributed by atoms with E-state index < -0.39 is 0 Å². The summed E-state index contributed by atoms with van der Waals surface area (Å²) in [4.78, 5) is 20.6. The summed E-state index contributed by atoms with van der Waals surface area (Å²) in [6.45, 7) is 1.64. The molecule has 5 nitrogen and oxygen atoms in total. The number of thiophene rings is 1. The molecule has 3 fully saturated rings. The molecule has 0 bridgehead atoms. The van der Waals surface area contributed by atoms with E-state index in [0.29, 0.717) is 11.8 Å². The lowest BCUT2D eigenvalue weighted by atomic mass is 9.76. The SMILES string of the molecule is O=C(c1cccs1)N1CC(c2nc(C3CC3)n[nH]2)C2(CCCC2)C1. The van der Waals surface area contributed by atoms with Crippen molar-refractivity contribution in [2.75, 3.05) is 13.1 Å². The molecule has 1 atom stereocenters. The Morgan fingerprint density at radius 1 is 1.33 bits per heavy atom. The quantitative estimate of drug-likeness (QED) is 0.928. The molecule has 1 saturated heterocycles. The van der Waals surface area contributed by atoms with E-state index in [2.05, 4.69) is 15.1 Å². The van der Waals surface area contributed by atoms with Gasteiger partial charge in [-0.25, -0.2) is 4.98 Å². The van der Waals surface area contributed by atoms with Crippen LogP contribution < -0.4 is 0 Å². The van der Waals surface area contributed by atoms with Gasteiger partial charge in [0, 0.05) is 24.9 Å². The van der Waals surface area contributed by atoms with Gasteiger partial charge in [0.2, 0.25) is 0 Å². The van der Waals surface area contributed by atoms with E-state index in [9.17, 15) is 4.79 Å². The molecule has 1 aliphatic heterocycles. The van der Waals surface area contributed by atoms with Crippen LogP contribution in [0.15, 0.2) is 17.5 Å². The van der Waals surface area contributed by atoms with Crippen LogP contribution in [-0.4, -0.2) is 39.1 Å². The largest absolute Gasteiger partial charge is 0.337 e. The van der Waals surface area contributed by atoms with Crippen molar-refractivity contribution in [1.29, 1.82) is 0 Å². The van der Waals surface area contributed by atoms with Gasteiger partial charge in [0.1, 0.15) is 5.82 Å². The third kappa shape index (κ3) is 2.31. The maximum Gasteiger partial charge on any atom is 0.263 e. The average Bonchev–Trinajstić information content (AvgIpc) is 3.10. The van der Waals surface area contributed by atoms with Gasteiger partial charge in [0.25, 0.3) is 5.91 Å². The minimum atomic E-state index is 0.181. The monoisotopic (exact) mass is 342 g/mol. The highest BCUT2D eigenvalue weighted by Crippen LogP contribution is 2.53. The number of carbonyl (C=O) groups excluding carboxylic acids is 1. The maximum atomic E-state index is 12.8. The van der Waals surface area contributed by atoms with Crippen molar-refractivity contribution >= 4 is 17.2 Å². The highest BCUT2D eigenvalue weighted by atomic mass is 32.1. The summed E-state index contributed by atoms with van der Waals surface area (Å²) >= 11 is 1.54. The van der Waals surface area contributed by atoms with Gasteiger partial charge < -0.3 is 4.90 Å². The molecule has 126 valence electrons. The minimum absolute atomic E-state index is 0.181. The van der Waals surface area contributed by atoms with E-state index in [1.807, 2.05) is 17.5 Å². The fourth-order valence-corrected chi connectivity index (χ4v) is 5.30. The molecule has 0 aromatic carbocycles. The Morgan fingerprint density at radius 3 is 2.88 bits per heavy atom. The van der Waals surface area contributed by atoms with Crippen molar-refractivity contribution in [2.24, 2.45) is 5.41 Å². The highest BCUT2D eigenvalue weighted by molar-refractivity contribution is 7.12. The molecule has 1 N–H and O–H groups in total. The fourth-order valence-electron chi connectivity index (χ4n) is 4.61. The Bertz CT molecular complexity index is 743. The summed E-state index contributed by atoms with van der Waals surface area (Å²) in [5.41, 5.74) is 0.202. The van der Waals surface area contributed by atoms with Crippen molar-refractivity contribution in [2.45, 2.75) is 50.4 Å². The van der Waals surface area contributed by atoms with Gasteiger partial charge in [-0.2, -0.15) is 5.10 Å². The molecule has 24 heavy (non-hydrogen) atoms. The van der Waals surface area contributed by atoms with Crippen LogP contribution in [0.25, 0.3) is 0 Å². The number of nitrogens with zero attached hydrogens (tertiary/aromatic N) is 3. The van der Waals surface area contributed by atoms with Crippen LogP contribution in [0.5, 0.6) is 0 Å². The highest BCUT2D eigenvalue weighted by Gasteiger charge is 2.51. The molecule has 2 aliphatic carbocycles. The van der Waals surface area contributed by atoms with Gasteiger partial charge in [0.05, 0.1) is 4.88 Å². The Labute approximate surface area is 145 Å². The van der Waals surface area contributed by atoms with Gasteiger partial charge in [0.15, 0.2) is 5.82 Å². The Kier molecular flexibility index (Phi) is 3.30. The van der Waals surface area contributed by atoms with E-state index in [1.165, 1.54) is 49.9 Å². The molecule has 1 unspecified atom stereocenters. The smallest absolute Gasteiger partial charge is 0.263 e. The Balaban J connectivity index is 1.44. The summed E-state index contributed by atoms with van der Waals surface area (Å²) in [7, 11) is 0. The van der Waals surface area contributed by atoms with Gasteiger partial charge in [-0.1, -0.05) is 18.9 Å². The van der Waals surface area contributed by atoms with Crippen molar-refractivity contribution in [1.82, 2.24) is 20.1 Å². The second-order valence-electron chi connectivity index (χ2n) is 7.64. The van der Waals surface area contributed by atoms with Crippen molar-refractivity contribution < 1.29 is 4.79 Å². The second-order valence-corrected chi connectivity index (χ2v) is 8.59. The number of likely N-dealkylation sites (tertiary alicyclic amines) is 1. The summed E-state index contributed by atoms with van der Waals surface area (Å²) in [6.07, 6.45) is 7.37. The Morgan fingerprint density at radius 2 is 2.17 bits per heavy atom. The summed E-state index contributed by atoms with van der Waals surface area (Å²) in [6, 6.07) is 3.89. The molecule has 1 amide bonds. The number of hydrogen-bond acceptors (Lipinski definition) is 4. The predicted molar refractivity (Wildman–Crippen MR) is 92.2 cm³/mol. The first-order valence-corrected chi connectivity index (χ1v) is 9.88. The van der Waals surface area contributed by atoms with Crippen molar-refractivity contribution in [3.8, 4) is 0 Å². The van der Waals surface area contributed by atoms with Crippen LogP contribution in [-0.2, 0) is 0 Å². The first-order valence-electron chi connectivity index (χ1n) is 9.00. The lowest BCUT2D eigenvalue weighted by Gasteiger charge is -2.28. The molecule has 6 heteroatoms. The van der Waals surface area contributed by atoms with Crippen LogP contribution in [0.3, 0.4) is 0 Å². The van der Waals surface area contributed by atoms with Crippen LogP contribution >= 0.6 is 11.3 Å². The van der Waals surface area contributed by atoms with E-state index in [-0.39, 0.29) is 11.3 Å². The summed E-state index contributed by atoms with van der Waals surface area (Å²) in [5, 5.41) is 9.65. The molecule has 0 radical (unpaired) electrons. The summed E-state index contributed by atoms with van der Waals surface area (Å²) < 4.78 is 0. The van der Waals surface area contributed by atoms with Crippen LogP contribution in [0.4, 0.5) is 0 Å². The van der Waals surface area contributed by atoms with Crippen molar-refractivity contribution in [3.63, 3.8) is 0 Å². The first-order chi connectivity index (χ1) is 11.8. The lowest BCUT2D eigenvalue weighted by molar-refractivity contribution is 0.0778. The lowest BCUT2D eigenvalue weighted by Crippen LogP contribution is -2.30. The first kappa shape index (κ1) is 14.6.